The molecule has 0 spiro atoms. The van der Waals surface area contributed by atoms with Crippen LogP contribution in [0.25, 0.3) is 0 Å². The summed E-state index contributed by atoms with van der Waals surface area (Å²) in [6.07, 6.45) is 4.90. The van der Waals surface area contributed by atoms with Crippen molar-refractivity contribution in [2.75, 3.05) is 32.5 Å². The summed E-state index contributed by atoms with van der Waals surface area (Å²) in [6.45, 7) is 6.45. The first-order valence-corrected chi connectivity index (χ1v) is 11.1. The molecule has 3 fully saturated rings. The molecule has 26 heavy (non-hydrogen) atoms. The number of piperidine rings is 1. The minimum absolute atomic E-state index is 0. The summed E-state index contributed by atoms with van der Waals surface area (Å²) >= 11 is 0. The van der Waals surface area contributed by atoms with Crippen LogP contribution in [-0.2, 0) is 19.6 Å². The fourth-order valence-electron chi connectivity index (χ4n) is 4.96. The Morgan fingerprint density at radius 1 is 1.31 bits per heavy atom. The van der Waals surface area contributed by atoms with Crippen LogP contribution in [0.4, 0.5) is 0 Å². The fraction of sp³-hybridized carbons (Fsp3) is 0.941. The zero-order valence-corrected chi connectivity index (χ0v) is 17.5. The Bertz CT molecular complexity index is 642. The zero-order valence-electron chi connectivity index (χ0n) is 15.9. The number of nitrogens with two attached hydrogens (primary N) is 1. The quantitative estimate of drug-likeness (QED) is 0.712. The van der Waals surface area contributed by atoms with E-state index in [1.165, 1.54) is 0 Å². The molecule has 2 heterocycles. The number of halogens is 1. The van der Waals surface area contributed by atoms with Crippen molar-refractivity contribution in [3.63, 3.8) is 0 Å². The molecule has 1 aliphatic carbocycles. The molecule has 4 unspecified atom stereocenters. The molecule has 0 radical (unpaired) electrons. The van der Waals surface area contributed by atoms with Crippen LogP contribution in [0.3, 0.4) is 0 Å². The molecule has 0 aromatic heterocycles. The van der Waals surface area contributed by atoms with Gasteiger partial charge in [0.2, 0.25) is 15.9 Å². The molecular weight excluding hydrogens is 378 g/mol. The van der Waals surface area contributed by atoms with E-state index in [1.54, 1.807) is 0 Å². The van der Waals surface area contributed by atoms with E-state index < -0.39 is 15.6 Å². The van der Waals surface area contributed by atoms with E-state index in [0.717, 1.165) is 38.5 Å². The molecule has 9 heteroatoms. The second-order valence-electron chi connectivity index (χ2n) is 8.51. The third-order valence-electron chi connectivity index (χ3n) is 6.48. The van der Waals surface area contributed by atoms with E-state index in [4.69, 9.17) is 10.5 Å². The normalized spacial score (nSPS) is 36.5. The predicted octanol–water partition coefficient (Wildman–Crippen LogP) is 0.729. The number of nitrogens with zero attached hydrogens (tertiary/aromatic N) is 1. The van der Waals surface area contributed by atoms with Crippen LogP contribution in [0.15, 0.2) is 0 Å². The lowest BCUT2D eigenvalue weighted by molar-refractivity contribution is -0.230. The first-order valence-electron chi connectivity index (χ1n) is 9.22. The van der Waals surface area contributed by atoms with Crippen molar-refractivity contribution in [2.24, 2.45) is 23.0 Å². The zero-order chi connectivity index (χ0) is 18.5. The maximum atomic E-state index is 13.3. The summed E-state index contributed by atoms with van der Waals surface area (Å²) in [5, 5.41) is 0. The standard InChI is InChI=1S/C17H31N3O4S.ClH/c1-16(2)14-13(7-5-9-24-14)17(16,18)15(21)20-8-4-6-12(11-20)10-19-25(3,22)23;/h12-14,19H,4-11,18H2,1-3H3;1H. The van der Waals surface area contributed by atoms with Crippen molar-refractivity contribution in [1.29, 1.82) is 0 Å². The Hall–Kier alpha value is -0.410. The molecule has 0 bridgehead atoms. The van der Waals surface area contributed by atoms with Crippen LogP contribution < -0.4 is 10.5 Å². The highest BCUT2D eigenvalue weighted by Crippen LogP contribution is 2.58. The number of hydrogen-bond acceptors (Lipinski definition) is 5. The van der Waals surface area contributed by atoms with Gasteiger partial charge >= 0.3 is 0 Å². The number of carbonyl (C=O) groups excluding carboxylic acids is 1. The van der Waals surface area contributed by atoms with Gasteiger partial charge in [-0.25, -0.2) is 13.1 Å². The lowest BCUT2D eigenvalue weighted by atomic mass is 9.46. The average molecular weight is 410 g/mol. The van der Waals surface area contributed by atoms with Gasteiger partial charge in [0.25, 0.3) is 0 Å². The number of amides is 1. The Morgan fingerprint density at radius 2 is 2.00 bits per heavy atom. The van der Waals surface area contributed by atoms with E-state index in [0.29, 0.717) is 19.6 Å². The number of likely N-dealkylation sites (tertiary alicyclic amines) is 1. The van der Waals surface area contributed by atoms with Crippen LogP contribution in [0.1, 0.15) is 39.5 Å². The van der Waals surface area contributed by atoms with E-state index in [1.807, 2.05) is 18.7 Å². The molecule has 1 amide bonds. The molecule has 2 saturated heterocycles. The second kappa shape index (κ2) is 7.54. The lowest BCUT2D eigenvalue weighted by Crippen LogP contribution is -2.82. The van der Waals surface area contributed by atoms with E-state index in [9.17, 15) is 13.2 Å². The molecule has 0 aromatic rings. The van der Waals surface area contributed by atoms with Crippen molar-refractivity contribution >= 4 is 28.3 Å². The first-order chi connectivity index (χ1) is 11.6. The fourth-order valence-corrected chi connectivity index (χ4v) is 5.50. The molecule has 2 aliphatic heterocycles. The molecule has 3 aliphatic rings. The van der Waals surface area contributed by atoms with Crippen molar-refractivity contribution < 1.29 is 17.9 Å². The topological polar surface area (TPSA) is 102 Å². The van der Waals surface area contributed by atoms with Crippen LogP contribution >= 0.6 is 12.4 Å². The first kappa shape index (κ1) is 21.9. The van der Waals surface area contributed by atoms with Crippen LogP contribution in [0.5, 0.6) is 0 Å². The van der Waals surface area contributed by atoms with Gasteiger partial charge in [-0.2, -0.15) is 0 Å². The summed E-state index contributed by atoms with van der Waals surface area (Å²) < 4.78 is 31.1. The third-order valence-corrected chi connectivity index (χ3v) is 7.17. The van der Waals surface area contributed by atoms with Crippen LogP contribution in [0.2, 0.25) is 0 Å². The minimum atomic E-state index is -3.21. The third kappa shape index (κ3) is 3.63. The van der Waals surface area contributed by atoms with Gasteiger partial charge in [-0.15, -0.1) is 12.4 Å². The number of fused-ring (bicyclic) bond motifs is 1. The number of ether oxygens (including phenoxy) is 1. The van der Waals surface area contributed by atoms with Crippen molar-refractivity contribution in [1.82, 2.24) is 9.62 Å². The molecular formula is C17H32ClN3O4S. The molecule has 3 N–H and O–H groups in total. The highest BCUT2D eigenvalue weighted by molar-refractivity contribution is 7.88. The van der Waals surface area contributed by atoms with Crippen molar-refractivity contribution in [3.05, 3.63) is 0 Å². The van der Waals surface area contributed by atoms with Crippen molar-refractivity contribution in [2.45, 2.75) is 51.2 Å². The van der Waals surface area contributed by atoms with Crippen LogP contribution in [0, 0.1) is 17.3 Å². The maximum absolute atomic E-state index is 13.3. The summed E-state index contributed by atoms with van der Waals surface area (Å²) in [7, 11) is -3.21. The largest absolute Gasteiger partial charge is 0.377 e. The van der Waals surface area contributed by atoms with Crippen molar-refractivity contribution in [3.8, 4) is 0 Å². The van der Waals surface area contributed by atoms with Gasteiger partial charge in [0.05, 0.1) is 12.4 Å². The van der Waals surface area contributed by atoms with Gasteiger partial charge in [0.15, 0.2) is 0 Å². The van der Waals surface area contributed by atoms with Gasteiger partial charge in [-0.3, -0.25) is 4.79 Å². The summed E-state index contributed by atoms with van der Waals surface area (Å²) in [5.41, 5.74) is 5.45. The lowest BCUT2D eigenvalue weighted by Gasteiger charge is -2.66. The Kier molecular flexibility index (Phi) is 6.35. The summed E-state index contributed by atoms with van der Waals surface area (Å²) in [5.74, 6) is 0.226. The molecule has 152 valence electrons. The smallest absolute Gasteiger partial charge is 0.243 e. The molecule has 7 nitrogen and oxygen atoms in total. The highest BCUT2D eigenvalue weighted by Gasteiger charge is 2.70. The molecule has 3 rings (SSSR count). The van der Waals surface area contributed by atoms with Gasteiger partial charge in [0, 0.05) is 37.6 Å². The van der Waals surface area contributed by atoms with Gasteiger partial charge < -0.3 is 15.4 Å². The summed E-state index contributed by atoms with van der Waals surface area (Å²) in [6, 6.07) is 0. The molecule has 0 aromatic carbocycles. The molecule has 4 atom stereocenters. The van der Waals surface area contributed by atoms with E-state index in [-0.39, 0.29) is 41.7 Å². The Labute approximate surface area is 162 Å². The highest BCUT2D eigenvalue weighted by atomic mass is 35.5. The van der Waals surface area contributed by atoms with Gasteiger partial charge in [-0.1, -0.05) is 13.8 Å². The number of sulfonamides is 1. The maximum Gasteiger partial charge on any atom is 0.243 e. The Balaban J connectivity index is 0.00000243. The van der Waals surface area contributed by atoms with E-state index >= 15 is 0 Å². The second-order valence-corrected chi connectivity index (χ2v) is 10.3. The SMILES string of the molecule is CC1(C)C2OCCCC2C1(N)C(=O)N1CCCC(CNS(C)(=O)=O)C1.Cl. The van der Waals surface area contributed by atoms with E-state index in [2.05, 4.69) is 4.72 Å². The predicted molar refractivity (Wildman–Crippen MR) is 103 cm³/mol. The number of rotatable bonds is 4. The molecule has 1 saturated carbocycles. The summed E-state index contributed by atoms with van der Waals surface area (Å²) in [4.78, 5) is 15.2. The van der Waals surface area contributed by atoms with Crippen LogP contribution in [-0.4, -0.2) is 63.4 Å². The number of carbonyl (C=O) groups is 1. The average Bonchev–Trinajstić information content (AvgIpc) is 2.58. The number of hydrogen-bond donors (Lipinski definition) is 2. The minimum Gasteiger partial charge on any atom is -0.377 e. The monoisotopic (exact) mass is 409 g/mol. The Morgan fingerprint density at radius 3 is 2.65 bits per heavy atom. The van der Waals surface area contributed by atoms with Gasteiger partial charge in [0.1, 0.15) is 5.54 Å². The van der Waals surface area contributed by atoms with Gasteiger partial charge in [-0.05, 0) is 31.6 Å². The number of nitrogens with one attached hydrogen (secondary N) is 1.